The third-order valence-electron chi connectivity index (χ3n) is 2.08. The van der Waals surface area contributed by atoms with Crippen molar-refractivity contribution in [3.05, 3.63) is 48.0 Å². The van der Waals surface area contributed by atoms with Crippen molar-refractivity contribution in [1.82, 2.24) is 0 Å². The van der Waals surface area contributed by atoms with Gasteiger partial charge in [0.2, 0.25) is 0 Å². The molecule has 0 bridgehead atoms. The summed E-state index contributed by atoms with van der Waals surface area (Å²) < 4.78 is 0. The van der Waals surface area contributed by atoms with Crippen LogP contribution in [0.5, 0.6) is 0 Å². The average Bonchev–Trinajstić information content (AvgIpc) is 2.02. The van der Waals surface area contributed by atoms with Crippen molar-refractivity contribution >= 4 is 0 Å². The lowest BCUT2D eigenvalue weighted by Gasteiger charge is -2.19. The first-order valence-electron chi connectivity index (χ1n) is 5.18. The molecule has 0 N–H and O–H groups in total. The van der Waals surface area contributed by atoms with Crippen LogP contribution >= 0.6 is 0 Å². The molecule has 0 heteroatoms. The lowest BCUT2D eigenvalue weighted by Crippen LogP contribution is -2.07. The minimum absolute atomic E-state index is 0.353. The van der Waals surface area contributed by atoms with Crippen molar-refractivity contribution in [3.63, 3.8) is 0 Å². The summed E-state index contributed by atoms with van der Waals surface area (Å²) in [5.74, 6) is 0. The molecular weight excluding hydrogens is 168 g/mol. The Labute approximate surface area is 87.7 Å². The van der Waals surface area contributed by atoms with Crippen molar-refractivity contribution < 1.29 is 0 Å². The molecule has 76 valence electrons. The van der Waals surface area contributed by atoms with Gasteiger partial charge in [-0.1, -0.05) is 63.3 Å². The lowest BCUT2D eigenvalue weighted by atomic mass is 9.86. The Balaban J connectivity index is 2.50. The Morgan fingerprint density at radius 1 is 1.14 bits per heavy atom. The van der Waals surface area contributed by atoms with E-state index in [0.717, 1.165) is 12.8 Å². The Morgan fingerprint density at radius 2 is 1.71 bits per heavy atom. The van der Waals surface area contributed by atoms with Gasteiger partial charge in [0.1, 0.15) is 0 Å². The van der Waals surface area contributed by atoms with E-state index < -0.39 is 0 Å². The van der Waals surface area contributed by atoms with Crippen LogP contribution in [0, 0.1) is 5.41 Å². The van der Waals surface area contributed by atoms with Crippen LogP contribution in [0.3, 0.4) is 0 Å². The number of benzene rings is 1. The van der Waals surface area contributed by atoms with Crippen LogP contribution in [0.4, 0.5) is 0 Å². The SMILES string of the molecule is C=C(Cc1ccccc1)CC(C)(C)C. The topological polar surface area (TPSA) is 0 Å². The molecule has 0 aliphatic rings. The van der Waals surface area contributed by atoms with Crippen LogP contribution in [0.25, 0.3) is 0 Å². The molecule has 0 fully saturated rings. The molecule has 0 atom stereocenters. The van der Waals surface area contributed by atoms with Gasteiger partial charge in [-0.15, -0.1) is 0 Å². The maximum atomic E-state index is 4.14. The molecule has 1 aromatic rings. The summed E-state index contributed by atoms with van der Waals surface area (Å²) in [5, 5.41) is 0. The Kier molecular flexibility index (Phi) is 3.51. The first kappa shape index (κ1) is 11.0. The molecule has 0 saturated heterocycles. The Bertz CT molecular complexity index is 288. The normalized spacial score (nSPS) is 11.4. The summed E-state index contributed by atoms with van der Waals surface area (Å²) >= 11 is 0. The summed E-state index contributed by atoms with van der Waals surface area (Å²) in [6, 6.07) is 10.5. The smallest absolute Gasteiger partial charge is 0.00696 e. The van der Waals surface area contributed by atoms with Crippen molar-refractivity contribution in [2.45, 2.75) is 33.6 Å². The second-order valence-corrected chi connectivity index (χ2v) is 5.15. The fraction of sp³-hybridized carbons (Fsp3) is 0.429. The van der Waals surface area contributed by atoms with Crippen LogP contribution < -0.4 is 0 Å². The van der Waals surface area contributed by atoms with Crippen molar-refractivity contribution in [3.8, 4) is 0 Å². The van der Waals surface area contributed by atoms with Crippen LogP contribution in [0.1, 0.15) is 32.8 Å². The van der Waals surface area contributed by atoms with Crippen LogP contribution in [0.15, 0.2) is 42.5 Å². The molecule has 0 aromatic heterocycles. The first-order valence-corrected chi connectivity index (χ1v) is 5.18. The number of rotatable bonds is 3. The van der Waals surface area contributed by atoms with E-state index in [-0.39, 0.29) is 0 Å². The average molecular weight is 188 g/mol. The molecule has 0 spiro atoms. The zero-order valence-corrected chi connectivity index (χ0v) is 9.51. The van der Waals surface area contributed by atoms with Gasteiger partial charge in [0.15, 0.2) is 0 Å². The molecule has 0 unspecified atom stereocenters. The minimum atomic E-state index is 0.353. The van der Waals surface area contributed by atoms with E-state index in [9.17, 15) is 0 Å². The summed E-state index contributed by atoms with van der Waals surface area (Å²) in [5.41, 5.74) is 3.04. The van der Waals surface area contributed by atoms with Gasteiger partial charge in [-0.2, -0.15) is 0 Å². The molecule has 14 heavy (non-hydrogen) atoms. The Morgan fingerprint density at radius 3 is 2.21 bits per heavy atom. The fourth-order valence-corrected chi connectivity index (χ4v) is 1.70. The van der Waals surface area contributed by atoms with Gasteiger partial charge in [0.05, 0.1) is 0 Å². The largest absolute Gasteiger partial charge is 0.0995 e. The number of hydrogen-bond acceptors (Lipinski definition) is 0. The summed E-state index contributed by atoms with van der Waals surface area (Å²) in [6.45, 7) is 10.9. The van der Waals surface area contributed by atoms with Gasteiger partial charge < -0.3 is 0 Å². The molecule has 0 amide bonds. The van der Waals surface area contributed by atoms with Crippen molar-refractivity contribution in [2.75, 3.05) is 0 Å². The number of allylic oxidation sites excluding steroid dienone is 1. The molecule has 0 aliphatic carbocycles. The molecule has 0 aliphatic heterocycles. The third kappa shape index (κ3) is 4.27. The first-order chi connectivity index (χ1) is 6.47. The van der Waals surface area contributed by atoms with Crippen LogP contribution in [0.2, 0.25) is 0 Å². The Hall–Kier alpha value is -1.04. The van der Waals surface area contributed by atoms with E-state index in [1.807, 2.05) is 0 Å². The highest BCUT2D eigenvalue weighted by Gasteiger charge is 2.11. The maximum absolute atomic E-state index is 4.14. The standard InChI is InChI=1S/C14H20/c1-12(11-14(2,3)4)10-13-8-6-5-7-9-13/h5-9H,1,10-11H2,2-4H3. The van der Waals surface area contributed by atoms with Gasteiger partial charge >= 0.3 is 0 Å². The summed E-state index contributed by atoms with van der Waals surface area (Å²) in [7, 11) is 0. The van der Waals surface area contributed by atoms with E-state index in [0.29, 0.717) is 5.41 Å². The van der Waals surface area contributed by atoms with Gasteiger partial charge in [0, 0.05) is 0 Å². The monoisotopic (exact) mass is 188 g/mol. The third-order valence-corrected chi connectivity index (χ3v) is 2.08. The zero-order chi connectivity index (χ0) is 10.6. The quantitative estimate of drug-likeness (QED) is 0.623. The van der Waals surface area contributed by atoms with E-state index >= 15 is 0 Å². The van der Waals surface area contributed by atoms with Gasteiger partial charge in [0.25, 0.3) is 0 Å². The summed E-state index contributed by atoms with van der Waals surface area (Å²) in [4.78, 5) is 0. The fourth-order valence-electron chi connectivity index (χ4n) is 1.70. The van der Waals surface area contributed by atoms with Gasteiger partial charge in [-0.05, 0) is 23.8 Å². The van der Waals surface area contributed by atoms with E-state index in [1.54, 1.807) is 0 Å². The molecule has 0 radical (unpaired) electrons. The van der Waals surface area contributed by atoms with Gasteiger partial charge in [-0.3, -0.25) is 0 Å². The van der Waals surface area contributed by atoms with Crippen molar-refractivity contribution in [2.24, 2.45) is 5.41 Å². The van der Waals surface area contributed by atoms with Crippen molar-refractivity contribution in [1.29, 1.82) is 0 Å². The predicted octanol–water partition coefficient (Wildman–Crippen LogP) is 4.22. The van der Waals surface area contributed by atoms with Gasteiger partial charge in [-0.25, -0.2) is 0 Å². The molecular formula is C14H20. The van der Waals surface area contributed by atoms with E-state index in [2.05, 4.69) is 57.7 Å². The van der Waals surface area contributed by atoms with Crippen LogP contribution in [-0.4, -0.2) is 0 Å². The summed E-state index contributed by atoms with van der Waals surface area (Å²) in [6.07, 6.45) is 2.11. The van der Waals surface area contributed by atoms with Crippen LogP contribution in [-0.2, 0) is 6.42 Å². The predicted molar refractivity (Wildman–Crippen MR) is 63.4 cm³/mol. The minimum Gasteiger partial charge on any atom is -0.0995 e. The highest BCUT2D eigenvalue weighted by atomic mass is 14.2. The van der Waals surface area contributed by atoms with E-state index in [4.69, 9.17) is 0 Å². The molecule has 0 heterocycles. The lowest BCUT2D eigenvalue weighted by molar-refractivity contribution is 0.407. The molecule has 1 aromatic carbocycles. The second-order valence-electron chi connectivity index (χ2n) is 5.15. The zero-order valence-electron chi connectivity index (χ0n) is 9.51. The molecule has 1 rings (SSSR count). The molecule has 0 saturated carbocycles. The van der Waals surface area contributed by atoms with E-state index in [1.165, 1.54) is 11.1 Å². The molecule has 0 nitrogen and oxygen atoms in total. The highest BCUT2D eigenvalue weighted by molar-refractivity contribution is 5.20. The maximum Gasteiger partial charge on any atom is -0.00696 e. The second kappa shape index (κ2) is 4.45. The number of hydrogen-bond donors (Lipinski definition) is 0. The highest BCUT2D eigenvalue weighted by Crippen LogP contribution is 2.24.